The van der Waals surface area contributed by atoms with Gasteiger partial charge in [-0.25, -0.2) is 4.99 Å². The Bertz CT molecular complexity index is 476. The van der Waals surface area contributed by atoms with Crippen LogP contribution in [0.4, 0.5) is 0 Å². The number of nitrogens with one attached hydrogen (secondary N) is 2. The fourth-order valence-corrected chi connectivity index (χ4v) is 2.52. The van der Waals surface area contributed by atoms with Gasteiger partial charge in [-0.2, -0.15) is 0 Å². The number of nitrogens with zero attached hydrogens (tertiary/aromatic N) is 2. The zero-order chi connectivity index (χ0) is 17.6. The Morgan fingerprint density at radius 3 is 2.54 bits per heavy atom. The van der Waals surface area contributed by atoms with Gasteiger partial charge in [0.25, 0.3) is 0 Å². The normalized spacial score (nSPS) is 11.8. The first-order valence-electron chi connectivity index (χ1n) is 8.97. The van der Waals surface area contributed by atoms with Crippen LogP contribution in [-0.2, 0) is 17.7 Å². The van der Waals surface area contributed by atoms with E-state index in [0.717, 1.165) is 51.6 Å². The van der Waals surface area contributed by atoms with Crippen LogP contribution in [0, 0.1) is 0 Å². The maximum atomic E-state index is 5.09. The summed E-state index contributed by atoms with van der Waals surface area (Å²) in [6, 6.07) is 8.52. The molecule has 0 fully saturated rings. The molecule has 1 aromatic rings. The van der Waals surface area contributed by atoms with E-state index in [0.29, 0.717) is 6.54 Å². The third-order valence-corrected chi connectivity index (χ3v) is 3.93. The van der Waals surface area contributed by atoms with Crippen molar-refractivity contribution in [3.05, 3.63) is 35.4 Å². The Morgan fingerprint density at radius 1 is 1.12 bits per heavy atom. The van der Waals surface area contributed by atoms with Gasteiger partial charge in [0.2, 0.25) is 0 Å². The first-order chi connectivity index (χ1) is 11.7. The SMILES string of the molecule is CCNC(=NCc1ccccc1CC)NCCN(C)CCCOC. The number of benzene rings is 1. The Morgan fingerprint density at radius 2 is 1.88 bits per heavy atom. The molecule has 136 valence electrons. The van der Waals surface area contributed by atoms with E-state index < -0.39 is 0 Å². The summed E-state index contributed by atoms with van der Waals surface area (Å²) >= 11 is 0. The molecule has 0 saturated carbocycles. The summed E-state index contributed by atoms with van der Waals surface area (Å²) in [7, 11) is 3.89. The van der Waals surface area contributed by atoms with Crippen LogP contribution in [0.5, 0.6) is 0 Å². The first kappa shape index (κ1) is 20.5. The van der Waals surface area contributed by atoms with Crippen molar-refractivity contribution in [2.24, 2.45) is 4.99 Å². The van der Waals surface area contributed by atoms with Crippen LogP contribution in [0.15, 0.2) is 29.3 Å². The van der Waals surface area contributed by atoms with Crippen molar-refractivity contribution in [2.45, 2.75) is 33.2 Å². The lowest BCUT2D eigenvalue weighted by molar-refractivity contribution is 0.180. The Kier molecular flexibility index (Phi) is 10.9. The van der Waals surface area contributed by atoms with Crippen molar-refractivity contribution in [2.75, 3.05) is 46.9 Å². The third-order valence-electron chi connectivity index (χ3n) is 3.93. The molecule has 1 aromatic carbocycles. The van der Waals surface area contributed by atoms with Crippen LogP contribution in [0.3, 0.4) is 0 Å². The highest BCUT2D eigenvalue weighted by molar-refractivity contribution is 5.79. The van der Waals surface area contributed by atoms with Crippen LogP contribution < -0.4 is 10.6 Å². The van der Waals surface area contributed by atoms with E-state index in [1.54, 1.807) is 7.11 Å². The van der Waals surface area contributed by atoms with Gasteiger partial charge in [-0.3, -0.25) is 0 Å². The highest BCUT2D eigenvalue weighted by atomic mass is 16.5. The summed E-state index contributed by atoms with van der Waals surface area (Å²) in [4.78, 5) is 7.03. The summed E-state index contributed by atoms with van der Waals surface area (Å²) in [6.07, 6.45) is 2.11. The smallest absolute Gasteiger partial charge is 0.191 e. The van der Waals surface area contributed by atoms with Crippen LogP contribution in [0.25, 0.3) is 0 Å². The summed E-state index contributed by atoms with van der Waals surface area (Å²) in [6.45, 7) is 9.59. The van der Waals surface area contributed by atoms with Gasteiger partial charge < -0.3 is 20.3 Å². The van der Waals surface area contributed by atoms with Crippen LogP contribution >= 0.6 is 0 Å². The minimum absolute atomic E-state index is 0.711. The summed E-state index contributed by atoms with van der Waals surface area (Å²) in [5, 5.41) is 6.73. The van der Waals surface area contributed by atoms with Crippen molar-refractivity contribution in [1.82, 2.24) is 15.5 Å². The van der Waals surface area contributed by atoms with E-state index in [4.69, 9.17) is 9.73 Å². The molecule has 2 N–H and O–H groups in total. The number of hydrogen-bond acceptors (Lipinski definition) is 3. The molecular weight excluding hydrogens is 300 g/mol. The lowest BCUT2D eigenvalue weighted by Gasteiger charge is -2.18. The first-order valence-corrected chi connectivity index (χ1v) is 8.97. The van der Waals surface area contributed by atoms with Crippen LogP contribution in [-0.4, -0.2) is 57.8 Å². The predicted octanol–water partition coefficient (Wildman–Crippen LogP) is 2.27. The molecule has 0 saturated heterocycles. The molecule has 0 amide bonds. The van der Waals surface area contributed by atoms with Crippen molar-refractivity contribution < 1.29 is 4.74 Å². The number of ether oxygens (including phenoxy) is 1. The van der Waals surface area contributed by atoms with E-state index in [1.807, 2.05) is 0 Å². The van der Waals surface area contributed by atoms with Gasteiger partial charge in [-0.05, 0) is 37.9 Å². The molecule has 1 rings (SSSR count). The largest absolute Gasteiger partial charge is 0.385 e. The van der Waals surface area contributed by atoms with Crippen molar-refractivity contribution in [3.8, 4) is 0 Å². The second-order valence-corrected chi connectivity index (χ2v) is 5.89. The molecule has 0 aromatic heterocycles. The van der Waals surface area contributed by atoms with Gasteiger partial charge in [0.05, 0.1) is 6.54 Å². The van der Waals surface area contributed by atoms with E-state index in [-0.39, 0.29) is 0 Å². The number of aliphatic imine (C=N–C) groups is 1. The maximum absolute atomic E-state index is 5.09. The van der Waals surface area contributed by atoms with Gasteiger partial charge in [0.15, 0.2) is 5.96 Å². The molecule has 0 aliphatic carbocycles. The number of guanidine groups is 1. The molecule has 0 unspecified atom stereocenters. The number of methoxy groups -OCH3 is 1. The fourth-order valence-electron chi connectivity index (χ4n) is 2.52. The summed E-state index contributed by atoms with van der Waals surface area (Å²) in [5.74, 6) is 0.883. The predicted molar refractivity (Wildman–Crippen MR) is 103 cm³/mol. The summed E-state index contributed by atoms with van der Waals surface area (Å²) < 4.78 is 5.09. The third kappa shape index (κ3) is 8.31. The fraction of sp³-hybridized carbons (Fsp3) is 0.632. The molecular formula is C19H34N4O. The Hall–Kier alpha value is -1.59. The van der Waals surface area contributed by atoms with Gasteiger partial charge in [-0.15, -0.1) is 0 Å². The molecule has 0 aliphatic rings. The second-order valence-electron chi connectivity index (χ2n) is 5.89. The zero-order valence-corrected chi connectivity index (χ0v) is 15.8. The van der Waals surface area contributed by atoms with Crippen molar-refractivity contribution in [3.63, 3.8) is 0 Å². The lowest BCUT2D eigenvalue weighted by Crippen LogP contribution is -2.41. The van der Waals surface area contributed by atoms with E-state index >= 15 is 0 Å². The monoisotopic (exact) mass is 334 g/mol. The highest BCUT2D eigenvalue weighted by Gasteiger charge is 2.02. The minimum Gasteiger partial charge on any atom is -0.385 e. The minimum atomic E-state index is 0.711. The molecule has 5 nitrogen and oxygen atoms in total. The Balaban J connectivity index is 2.45. The lowest BCUT2D eigenvalue weighted by atomic mass is 10.1. The molecule has 0 bridgehead atoms. The molecule has 0 heterocycles. The number of likely N-dealkylation sites (N-methyl/N-ethyl adjacent to an activating group) is 1. The maximum Gasteiger partial charge on any atom is 0.191 e. The molecule has 5 heteroatoms. The van der Waals surface area contributed by atoms with Gasteiger partial charge in [-0.1, -0.05) is 31.2 Å². The zero-order valence-electron chi connectivity index (χ0n) is 15.8. The molecule has 0 radical (unpaired) electrons. The second kappa shape index (κ2) is 12.8. The highest BCUT2D eigenvalue weighted by Crippen LogP contribution is 2.10. The number of rotatable bonds is 11. The molecule has 0 atom stereocenters. The average Bonchev–Trinajstić information content (AvgIpc) is 2.60. The van der Waals surface area contributed by atoms with Gasteiger partial charge in [0.1, 0.15) is 0 Å². The van der Waals surface area contributed by atoms with Crippen molar-refractivity contribution >= 4 is 5.96 Å². The van der Waals surface area contributed by atoms with Gasteiger partial charge >= 0.3 is 0 Å². The molecule has 24 heavy (non-hydrogen) atoms. The van der Waals surface area contributed by atoms with Gasteiger partial charge in [0, 0.05) is 39.9 Å². The van der Waals surface area contributed by atoms with E-state index in [9.17, 15) is 0 Å². The van der Waals surface area contributed by atoms with E-state index in [2.05, 4.69) is 60.7 Å². The molecule has 0 spiro atoms. The topological polar surface area (TPSA) is 48.9 Å². The van der Waals surface area contributed by atoms with Crippen molar-refractivity contribution in [1.29, 1.82) is 0 Å². The number of aryl methyl sites for hydroxylation is 1. The van der Waals surface area contributed by atoms with Crippen LogP contribution in [0.1, 0.15) is 31.4 Å². The molecule has 0 aliphatic heterocycles. The standard InChI is InChI=1S/C19H34N4O/c1-5-17-10-7-8-11-18(17)16-22-19(20-6-2)21-12-14-23(3)13-9-15-24-4/h7-8,10-11H,5-6,9,12-16H2,1-4H3,(H2,20,21,22). The Labute approximate surface area is 147 Å². The quantitative estimate of drug-likeness (QED) is 0.370. The average molecular weight is 335 g/mol. The number of hydrogen-bond donors (Lipinski definition) is 2. The van der Waals surface area contributed by atoms with E-state index in [1.165, 1.54) is 11.1 Å². The summed E-state index contributed by atoms with van der Waals surface area (Å²) in [5.41, 5.74) is 2.67. The van der Waals surface area contributed by atoms with Crippen LogP contribution in [0.2, 0.25) is 0 Å².